The normalized spacial score (nSPS) is 32.4. The summed E-state index contributed by atoms with van der Waals surface area (Å²) < 4.78 is 12.5. The molecule has 2 rings (SSSR count). The molecule has 0 bridgehead atoms. The summed E-state index contributed by atoms with van der Waals surface area (Å²) in [6.07, 6.45) is 9.06. The van der Waals surface area contributed by atoms with Crippen molar-refractivity contribution in [2.75, 3.05) is 0 Å². The third-order valence-corrected chi connectivity index (χ3v) is 11.5. The van der Waals surface area contributed by atoms with E-state index in [0.717, 1.165) is 25.2 Å². The van der Waals surface area contributed by atoms with Crippen molar-refractivity contribution in [1.82, 2.24) is 0 Å². The molecule has 4 nitrogen and oxygen atoms in total. The maximum absolute atomic E-state index is 10.4. The van der Waals surface area contributed by atoms with Crippen LogP contribution in [0.3, 0.4) is 0 Å². The number of aliphatic hydroxyl groups excluding tert-OH is 2. The molecule has 1 unspecified atom stereocenters. The van der Waals surface area contributed by atoms with Gasteiger partial charge in [0.15, 0.2) is 14.6 Å². The highest BCUT2D eigenvalue weighted by Gasteiger charge is 2.51. The number of unbranched alkanes of at least 4 members (excludes halogenated alkanes) is 1. The van der Waals surface area contributed by atoms with Gasteiger partial charge in [0, 0.05) is 12.3 Å². The monoisotopic (exact) mass is 412 g/mol. The Morgan fingerprint density at radius 1 is 1.14 bits per heavy atom. The van der Waals surface area contributed by atoms with Crippen LogP contribution in [0.1, 0.15) is 73.1 Å². The molecule has 0 aromatic heterocycles. The van der Waals surface area contributed by atoms with Crippen LogP contribution in [-0.4, -0.2) is 43.1 Å². The fourth-order valence-corrected chi connectivity index (χ4v) is 5.61. The lowest BCUT2D eigenvalue weighted by atomic mass is 9.91. The molecule has 1 saturated heterocycles. The highest BCUT2D eigenvalue weighted by molar-refractivity contribution is 6.74. The summed E-state index contributed by atoms with van der Waals surface area (Å²) in [6.45, 7) is 15.9. The van der Waals surface area contributed by atoms with Crippen LogP contribution < -0.4 is 0 Å². The van der Waals surface area contributed by atoms with Crippen LogP contribution in [0.15, 0.2) is 12.2 Å². The van der Waals surface area contributed by atoms with Gasteiger partial charge in [0.2, 0.25) is 0 Å². The van der Waals surface area contributed by atoms with Crippen molar-refractivity contribution in [3.63, 3.8) is 0 Å². The molecular formula is C23H44O4Si. The van der Waals surface area contributed by atoms with Crippen molar-refractivity contribution < 1.29 is 19.4 Å². The van der Waals surface area contributed by atoms with Gasteiger partial charge in [-0.15, -0.1) is 0 Å². The first-order chi connectivity index (χ1) is 12.9. The van der Waals surface area contributed by atoms with Crippen LogP contribution in [0.2, 0.25) is 18.1 Å². The maximum Gasteiger partial charge on any atom is 0.192 e. The molecule has 0 spiro atoms. The number of hydrogen-bond acceptors (Lipinski definition) is 4. The fraction of sp³-hybridized carbons (Fsp3) is 0.913. The molecule has 0 aromatic rings. The van der Waals surface area contributed by atoms with E-state index in [1.807, 2.05) is 6.08 Å². The summed E-state index contributed by atoms with van der Waals surface area (Å²) in [7, 11) is -1.88. The Morgan fingerprint density at radius 3 is 2.39 bits per heavy atom. The van der Waals surface area contributed by atoms with Gasteiger partial charge in [0.05, 0.1) is 18.3 Å². The zero-order valence-corrected chi connectivity index (χ0v) is 20.1. The second-order valence-electron chi connectivity index (χ2n) is 10.9. The van der Waals surface area contributed by atoms with Gasteiger partial charge in [0.25, 0.3) is 0 Å². The molecule has 5 heteroatoms. The van der Waals surface area contributed by atoms with Crippen molar-refractivity contribution in [3.8, 4) is 0 Å². The van der Waals surface area contributed by atoms with Gasteiger partial charge >= 0.3 is 0 Å². The van der Waals surface area contributed by atoms with Crippen LogP contribution in [0, 0.1) is 17.8 Å². The molecule has 0 aromatic carbocycles. The van der Waals surface area contributed by atoms with E-state index in [2.05, 4.69) is 53.8 Å². The molecule has 1 aliphatic carbocycles. The molecule has 1 saturated carbocycles. The molecule has 1 heterocycles. The van der Waals surface area contributed by atoms with Crippen LogP contribution in [0.25, 0.3) is 0 Å². The summed E-state index contributed by atoms with van der Waals surface area (Å²) in [5.74, 6) is 1.22. The molecule has 164 valence electrons. The Morgan fingerprint density at radius 2 is 1.79 bits per heavy atom. The predicted molar refractivity (Wildman–Crippen MR) is 118 cm³/mol. The second kappa shape index (κ2) is 9.74. The zero-order chi connectivity index (χ0) is 21.1. The Kier molecular flexibility index (Phi) is 8.37. The number of hydrogen-bond donors (Lipinski definition) is 2. The lowest BCUT2D eigenvalue weighted by molar-refractivity contribution is -0.0945. The van der Waals surface area contributed by atoms with Gasteiger partial charge in [-0.3, -0.25) is 0 Å². The zero-order valence-electron chi connectivity index (χ0n) is 19.1. The van der Waals surface area contributed by atoms with Gasteiger partial charge < -0.3 is 19.4 Å². The molecule has 1 aliphatic heterocycles. The van der Waals surface area contributed by atoms with Gasteiger partial charge in [-0.25, -0.2) is 0 Å². The average Bonchev–Trinajstić information content (AvgIpc) is 3.03. The quantitative estimate of drug-likeness (QED) is 0.308. The summed E-state index contributed by atoms with van der Waals surface area (Å²) in [4.78, 5) is 0. The van der Waals surface area contributed by atoms with Crippen LogP contribution in [-0.2, 0) is 9.16 Å². The predicted octanol–water partition coefficient (Wildman–Crippen LogP) is 5.25. The van der Waals surface area contributed by atoms with E-state index in [0.29, 0.717) is 6.42 Å². The van der Waals surface area contributed by atoms with Crippen molar-refractivity contribution in [3.05, 3.63) is 12.2 Å². The van der Waals surface area contributed by atoms with Crippen LogP contribution in [0.4, 0.5) is 0 Å². The molecule has 28 heavy (non-hydrogen) atoms. The summed E-state index contributed by atoms with van der Waals surface area (Å²) in [5.41, 5.74) is 0. The van der Waals surface area contributed by atoms with E-state index in [9.17, 15) is 10.2 Å². The molecule has 0 amide bonds. The van der Waals surface area contributed by atoms with Crippen molar-refractivity contribution in [2.45, 2.75) is 116 Å². The highest BCUT2D eigenvalue weighted by atomic mass is 28.4. The van der Waals surface area contributed by atoms with Crippen molar-refractivity contribution >= 4 is 8.32 Å². The van der Waals surface area contributed by atoms with Crippen LogP contribution >= 0.6 is 0 Å². The summed E-state index contributed by atoms with van der Waals surface area (Å²) in [6, 6.07) is 0. The summed E-state index contributed by atoms with van der Waals surface area (Å²) in [5, 5.41) is 20.5. The minimum absolute atomic E-state index is 0.0719. The number of aliphatic hydroxyl groups is 2. The van der Waals surface area contributed by atoms with Gasteiger partial charge in [0.1, 0.15) is 0 Å². The fourth-order valence-electron chi connectivity index (χ4n) is 4.25. The molecule has 2 fully saturated rings. The third kappa shape index (κ3) is 6.40. The minimum Gasteiger partial charge on any atom is -0.413 e. The second-order valence-corrected chi connectivity index (χ2v) is 15.6. The van der Waals surface area contributed by atoms with Crippen LogP contribution in [0.5, 0.6) is 0 Å². The van der Waals surface area contributed by atoms with E-state index in [-0.39, 0.29) is 29.1 Å². The van der Waals surface area contributed by atoms with Crippen molar-refractivity contribution in [1.29, 1.82) is 0 Å². The molecular weight excluding hydrogens is 368 g/mol. The lowest BCUT2D eigenvalue weighted by Gasteiger charge is -2.40. The Hall–Kier alpha value is -0.203. The first-order valence-corrected chi connectivity index (χ1v) is 14.2. The minimum atomic E-state index is -1.88. The SMILES string of the molecule is CC(C)CCCC[C@H](O)/C=C/[C@@H]1[C@H]2CC(O)O[C@H]2C[C@H]1O[Si](C)(C)C(C)(C)C. The highest BCUT2D eigenvalue weighted by Crippen LogP contribution is 2.47. The van der Waals surface area contributed by atoms with E-state index in [1.54, 1.807) is 0 Å². The van der Waals surface area contributed by atoms with E-state index in [1.165, 1.54) is 12.8 Å². The number of fused-ring (bicyclic) bond motifs is 1. The Bertz CT molecular complexity index is 511. The van der Waals surface area contributed by atoms with E-state index in [4.69, 9.17) is 9.16 Å². The van der Waals surface area contributed by atoms with Gasteiger partial charge in [-0.05, 0) is 42.8 Å². The maximum atomic E-state index is 10.4. The van der Waals surface area contributed by atoms with Crippen molar-refractivity contribution in [2.24, 2.45) is 17.8 Å². The Balaban J connectivity index is 2.00. The summed E-state index contributed by atoms with van der Waals surface area (Å²) >= 11 is 0. The van der Waals surface area contributed by atoms with Gasteiger partial charge in [-0.2, -0.15) is 0 Å². The largest absolute Gasteiger partial charge is 0.413 e. The first kappa shape index (κ1) is 24.1. The topological polar surface area (TPSA) is 58.9 Å². The molecule has 2 N–H and O–H groups in total. The number of rotatable bonds is 9. The van der Waals surface area contributed by atoms with E-state index >= 15 is 0 Å². The standard InChI is InChI=1S/C23H44O4Si/c1-16(2)10-8-9-11-17(24)12-13-18-19-14-22(25)26-20(19)15-21(18)27-28(6,7)23(3,4)5/h12-13,16-22,24-25H,8-11,14-15H2,1-7H3/b13-12+/t17-,18+,19+,20-,21+,22?/m0/s1. The molecule has 0 radical (unpaired) electrons. The number of ether oxygens (including phenoxy) is 1. The first-order valence-electron chi connectivity index (χ1n) is 11.3. The average molecular weight is 413 g/mol. The molecule has 2 aliphatic rings. The molecule has 6 atom stereocenters. The Labute approximate surface area is 173 Å². The smallest absolute Gasteiger partial charge is 0.192 e. The third-order valence-electron chi connectivity index (χ3n) is 7.01. The van der Waals surface area contributed by atoms with Gasteiger partial charge in [-0.1, -0.05) is 66.0 Å². The van der Waals surface area contributed by atoms with E-state index < -0.39 is 20.7 Å². The lowest BCUT2D eigenvalue weighted by Crippen LogP contribution is -2.45.